The summed E-state index contributed by atoms with van der Waals surface area (Å²) in [6.07, 6.45) is 5.17. The van der Waals surface area contributed by atoms with Crippen LogP contribution in [0.4, 0.5) is 5.69 Å². The van der Waals surface area contributed by atoms with Crippen molar-refractivity contribution in [2.24, 2.45) is 0 Å². The number of anilines is 1. The molecule has 3 rings (SSSR count). The molecule has 0 aliphatic heterocycles. The van der Waals surface area contributed by atoms with Gasteiger partial charge in [0.05, 0.1) is 24.4 Å². The highest BCUT2D eigenvalue weighted by Gasteiger charge is 2.22. The van der Waals surface area contributed by atoms with Crippen LogP contribution in [0.5, 0.6) is 0 Å². The minimum Gasteiger partial charge on any atom is -0.451 e. The summed E-state index contributed by atoms with van der Waals surface area (Å²) in [4.78, 5) is 25.1. The summed E-state index contributed by atoms with van der Waals surface area (Å²) in [6.45, 7) is 0.326. The smallest absolute Gasteiger partial charge is 0.291 e. The van der Waals surface area contributed by atoms with Crippen LogP contribution >= 0.6 is 0 Å². The molecule has 3 aromatic rings. The Hall–Kier alpha value is -3.56. The molecule has 2 amide bonds. The lowest BCUT2D eigenvalue weighted by Gasteiger charge is -2.10. The Bertz CT molecular complexity index is 1030. The number of terminal acetylenes is 1. The zero-order valence-corrected chi connectivity index (χ0v) is 14.7. The van der Waals surface area contributed by atoms with E-state index in [9.17, 15) is 9.59 Å². The SMILES string of the molecule is C#CCNC(=O)c1ccccc1NC(=O)c1oc2ccccc2c1COC. The lowest BCUT2D eigenvalue weighted by Crippen LogP contribution is -2.25. The van der Waals surface area contributed by atoms with Crippen molar-refractivity contribution in [3.05, 3.63) is 65.4 Å². The van der Waals surface area contributed by atoms with Crippen molar-refractivity contribution in [2.75, 3.05) is 19.0 Å². The van der Waals surface area contributed by atoms with Crippen LogP contribution in [0.15, 0.2) is 52.9 Å². The molecule has 136 valence electrons. The van der Waals surface area contributed by atoms with Crippen molar-refractivity contribution in [3.8, 4) is 12.3 Å². The Kier molecular flexibility index (Phi) is 5.55. The molecule has 6 nitrogen and oxygen atoms in total. The van der Waals surface area contributed by atoms with Gasteiger partial charge < -0.3 is 19.8 Å². The summed E-state index contributed by atoms with van der Waals surface area (Å²) in [5.74, 6) is 1.66. The minimum atomic E-state index is -0.463. The summed E-state index contributed by atoms with van der Waals surface area (Å²) < 4.78 is 11.0. The van der Waals surface area contributed by atoms with Gasteiger partial charge in [0.1, 0.15) is 5.58 Å². The van der Waals surface area contributed by atoms with Crippen molar-refractivity contribution >= 4 is 28.5 Å². The van der Waals surface area contributed by atoms with E-state index in [2.05, 4.69) is 16.6 Å². The van der Waals surface area contributed by atoms with Gasteiger partial charge in [-0.2, -0.15) is 0 Å². The predicted octanol–water partition coefficient (Wildman–Crippen LogP) is 3.19. The number of amides is 2. The van der Waals surface area contributed by atoms with Gasteiger partial charge in [0, 0.05) is 18.1 Å². The van der Waals surface area contributed by atoms with Crippen LogP contribution in [0.25, 0.3) is 11.0 Å². The third-order valence-corrected chi connectivity index (χ3v) is 3.96. The number of methoxy groups -OCH3 is 1. The van der Waals surface area contributed by atoms with E-state index in [1.165, 1.54) is 0 Å². The number of ether oxygens (including phenoxy) is 1. The number of furan rings is 1. The molecular formula is C21H18N2O4. The summed E-state index contributed by atoms with van der Waals surface area (Å²) in [5.41, 5.74) is 1.92. The van der Waals surface area contributed by atoms with Crippen molar-refractivity contribution in [1.82, 2.24) is 5.32 Å². The second-order valence-corrected chi connectivity index (χ2v) is 5.73. The zero-order valence-electron chi connectivity index (χ0n) is 14.7. The van der Waals surface area contributed by atoms with E-state index in [1.54, 1.807) is 37.4 Å². The molecule has 0 radical (unpaired) electrons. The number of para-hydroxylation sites is 2. The molecule has 0 fully saturated rings. The molecule has 0 saturated heterocycles. The monoisotopic (exact) mass is 362 g/mol. The van der Waals surface area contributed by atoms with Gasteiger partial charge in [-0.15, -0.1) is 6.42 Å². The quantitative estimate of drug-likeness (QED) is 0.660. The minimum absolute atomic E-state index is 0.0999. The van der Waals surface area contributed by atoms with Gasteiger partial charge in [-0.05, 0) is 18.2 Å². The molecular weight excluding hydrogens is 344 g/mol. The molecule has 1 aromatic heterocycles. The fourth-order valence-electron chi connectivity index (χ4n) is 2.77. The van der Waals surface area contributed by atoms with Crippen LogP contribution in [0.2, 0.25) is 0 Å². The maximum atomic E-state index is 12.8. The Morgan fingerprint density at radius 3 is 2.63 bits per heavy atom. The van der Waals surface area contributed by atoms with Crippen LogP contribution in [0, 0.1) is 12.3 Å². The van der Waals surface area contributed by atoms with Crippen molar-refractivity contribution in [2.45, 2.75) is 6.61 Å². The number of hydrogen-bond donors (Lipinski definition) is 2. The Morgan fingerprint density at radius 1 is 1.11 bits per heavy atom. The molecule has 0 saturated carbocycles. The van der Waals surface area contributed by atoms with Gasteiger partial charge in [-0.25, -0.2) is 0 Å². The molecule has 0 spiro atoms. The van der Waals surface area contributed by atoms with Gasteiger partial charge in [0.15, 0.2) is 5.76 Å². The molecule has 1 heterocycles. The van der Waals surface area contributed by atoms with E-state index < -0.39 is 5.91 Å². The number of carbonyl (C=O) groups excluding carboxylic acids is 2. The van der Waals surface area contributed by atoms with E-state index in [-0.39, 0.29) is 24.8 Å². The van der Waals surface area contributed by atoms with Gasteiger partial charge in [0.25, 0.3) is 11.8 Å². The fourth-order valence-corrected chi connectivity index (χ4v) is 2.77. The van der Waals surface area contributed by atoms with E-state index in [1.807, 2.05) is 18.2 Å². The van der Waals surface area contributed by atoms with Gasteiger partial charge in [-0.3, -0.25) is 9.59 Å². The van der Waals surface area contributed by atoms with Crippen LogP contribution in [-0.4, -0.2) is 25.5 Å². The second kappa shape index (κ2) is 8.21. The largest absolute Gasteiger partial charge is 0.451 e. The molecule has 0 bridgehead atoms. The van der Waals surface area contributed by atoms with E-state index in [0.717, 1.165) is 5.39 Å². The normalized spacial score (nSPS) is 10.4. The van der Waals surface area contributed by atoms with Crippen molar-refractivity contribution in [3.63, 3.8) is 0 Å². The molecule has 0 unspecified atom stereocenters. The zero-order chi connectivity index (χ0) is 19.2. The first kappa shape index (κ1) is 18.2. The average molecular weight is 362 g/mol. The molecule has 2 N–H and O–H groups in total. The number of nitrogens with one attached hydrogen (secondary N) is 2. The maximum absolute atomic E-state index is 12.8. The van der Waals surface area contributed by atoms with Crippen LogP contribution in [0.1, 0.15) is 26.5 Å². The second-order valence-electron chi connectivity index (χ2n) is 5.73. The standard InChI is InChI=1S/C21H18N2O4/c1-3-12-22-20(24)15-9-4-6-10-17(15)23-21(25)19-16(13-26-2)14-8-5-7-11-18(14)27-19/h1,4-11H,12-13H2,2H3,(H,22,24)(H,23,25). The number of fused-ring (bicyclic) bond motifs is 1. The lowest BCUT2D eigenvalue weighted by atomic mass is 10.1. The van der Waals surface area contributed by atoms with Gasteiger partial charge in [0.2, 0.25) is 0 Å². The van der Waals surface area contributed by atoms with E-state index in [4.69, 9.17) is 15.6 Å². The third kappa shape index (κ3) is 3.84. The molecule has 27 heavy (non-hydrogen) atoms. The van der Waals surface area contributed by atoms with Crippen LogP contribution in [0.3, 0.4) is 0 Å². The molecule has 0 atom stereocenters. The summed E-state index contributed by atoms with van der Waals surface area (Å²) in [6, 6.07) is 14.0. The summed E-state index contributed by atoms with van der Waals surface area (Å²) in [5, 5.41) is 6.14. The van der Waals surface area contributed by atoms with Crippen LogP contribution < -0.4 is 10.6 Å². The first-order valence-electron chi connectivity index (χ1n) is 8.27. The number of carbonyl (C=O) groups is 2. The van der Waals surface area contributed by atoms with Gasteiger partial charge in [-0.1, -0.05) is 36.3 Å². The highest BCUT2D eigenvalue weighted by atomic mass is 16.5. The highest BCUT2D eigenvalue weighted by molar-refractivity contribution is 6.10. The van der Waals surface area contributed by atoms with E-state index >= 15 is 0 Å². The topological polar surface area (TPSA) is 80.6 Å². The van der Waals surface area contributed by atoms with Gasteiger partial charge >= 0.3 is 0 Å². The number of benzene rings is 2. The first-order valence-corrected chi connectivity index (χ1v) is 8.27. The molecule has 2 aromatic carbocycles. The third-order valence-electron chi connectivity index (χ3n) is 3.96. The number of rotatable bonds is 6. The first-order chi connectivity index (χ1) is 13.2. The maximum Gasteiger partial charge on any atom is 0.291 e. The fraction of sp³-hybridized carbons (Fsp3) is 0.143. The van der Waals surface area contributed by atoms with Crippen LogP contribution in [-0.2, 0) is 11.3 Å². The highest BCUT2D eigenvalue weighted by Crippen LogP contribution is 2.27. The van der Waals surface area contributed by atoms with E-state index in [0.29, 0.717) is 22.4 Å². The molecule has 6 heteroatoms. The Morgan fingerprint density at radius 2 is 1.85 bits per heavy atom. The predicted molar refractivity (Wildman–Crippen MR) is 102 cm³/mol. The van der Waals surface area contributed by atoms with Crippen molar-refractivity contribution in [1.29, 1.82) is 0 Å². The number of hydrogen-bond acceptors (Lipinski definition) is 4. The molecule has 0 aliphatic rings. The summed E-state index contributed by atoms with van der Waals surface area (Å²) in [7, 11) is 1.55. The Balaban J connectivity index is 1.93. The lowest BCUT2D eigenvalue weighted by molar-refractivity contribution is 0.0959. The molecule has 0 aliphatic carbocycles. The summed E-state index contributed by atoms with van der Waals surface area (Å²) >= 11 is 0. The average Bonchev–Trinajstić information content (AvgIpc) is 3.06. The Labute approximate surface area is 156 Å². The van der Waals surface area contributed by atoms with Crippen molar-refractivity contribution < 1.29 is 18.7 Å².